The molecule has 0 bridgehead atoms. The van der Waals surface area contributed by atoms with Crippen LogP contribution in [0.1, 0.15) is 17.2 Å². The highest BCUT2D eigenvalue weighted by Gasteiger charge is 2.28. The molecule has 126 valence electrons. The van der Waals surface area contributed by atoms with Crippen LogP contribution in [0.15, 0.2) is 60.2 Å². The van der Waals surface area contributed by atoms with E-state index in [4.69, 9.17) is 11.6 Å². The van der Waals surface area contributed by atoms with E-state index in [1.807, 2.05) is 36.5 Å². The SMILES string of the molecule is O=Nc1ccc(C2Nc3ccccc3-c3ncnc4[nH]cc2c34)c(Cl)c1. The fourth-order valence-corrected chi connectivity index (χ4v) is 3.80. The van der Waals surface area contributed by atoms with Crippen LogP contribution in [0, 0.1) is 4.91 Å². The normalized spacial score (nSPS) is 15.2. The highest BCUT2D eigenvalue weighted by molar-refractivity contribution is 6.31. The molecule has 0 fully saturated rings. The lowest BCUT2D eigenvalue weighted by molar-refractivity contribution is 0.953. The van der Waals surface area contributed by atoms with Crippen molar-refractivity contribution in [3.8, 4) is 11.3 Å². The molecule has 0 saturated heterocycles. The van der Waals surface area contributed by atoms with Gasteiger partial charge in [0.1, 0.15) is 17.7 Å². The summed E-state index contributed by atoms with van der Waals surface area (Å²) >= 11 is 6.47. The second-order valence-corrected chi connectivity index (χ2v) is 6.52. The molecule has 0 amide bonds. The first-order valence-electron chi connectivity index (χ1n) is 8.07. The van der Waals surface area contributed by atoms with Gasteiger partial charge in [0.15, 0.2) is 0 Å². The van der Waals surface area contributed by atoms with Crippen LogP contribution in [-0.4, -0.2) is 15.0 Å². The molecule has 1 atom stereocenters. The number of aromatic amines is 1. The Labute approximate surface area is 153 Å². The lowest BCUT2D eigenvalue weighted by Crippen LogP contribution is -2.11. The Bertz CT molecular complexity index is 1170. The Kier molecular flexibility index (Phi) is 3.26. The summed E-state index contributed by atoms with van der Waals surface area (Å²) in [6, 6.07) is 12.9. The van der Waals surface area contributed by atoms with Crippen molar-refractivity contribution in [1.29, 1.82) is 0 Å². The summed E-state index contributed by atoms with van der Waals surface area (Å²) in [6.07, 6.45) is 3.49. The zero-order chi connectivity index (χ0) is 17.7. The second-order valence-electron chi connectivity index (χ2n) is 6.11. The van der Waals surface area contributed by atoms with Crippen LogP contribution < -0.4 is 5.32 Å². The summed E-state index contributed by atoms with van der Waals surface area (Å²) < 4.78 is 0. The molecule has 0 spiro atoms. The van der Waals surface area contributed by atoms with Crippen LogP contribution in [0.25, 0.3) is 22.3 Å². The molecule has 0 saturated carbocycles. The van der Waals surface area contributed by atoms with Gasteiger partial charge in [0.05, 0.1) is 17.1 Å². The molecule has 3 heterocycles. The molecule has 0 aliphatic carbocycles. The minimum absolute atomic E-state index is 0.217. The number of hydrogen-bond donors (Lipinski definition) is 2. The number of hydrogen-bond acceptors (Lipinski definition) is 5. The van der Waals surface area contributed by atoms with Crippen molar-refractivity contribution >= 4 is 34.0 Å². The van der Waals surface area contributed by atoms with E-state index in [1.165, 1.54) is 0 Å². The van der Waals surface area contributed by atoms with Crippen LogP contribution in [0.2, 0.25) is 5.02 Å². The molecule has 2 aromatic heterocycles. The zero-order valence-corrected chi connectivity index (χ0v) is 14.2. The Morgan fingerprint density at radius 2 is 1.96 bits per heavy atom. The molecule has 6 nitrogen and oxygen atoms in total. The summed E-state index contributed by atoms with van der Waals surface area (Å²) in [7, 11) is 0. The summed E-state index contributed by atoms with van der Waals surface area (Å²) in [5.74, 6) is 0. The monoisotopic (exact) mass is 361 g/mol. The molecule has 7 heteroatoms. The Morgan fingerprint density at radius 1 is 1.08 bits per heavy atom. The Hall–Kier alpha value is -3.25. The summed E-state index contributed by atoms with van der Waals surface area (Å²) in [6.45, 7) is 0. The van der Waals surface area contributed by atoms with E-state index in [9.17, 15) is 4.91 Å². The van der Waals surface area contributed by atoms with Crippen molar-refractivity contribution < 1.29 is 0 Å². The van der Waals surface area contributed by atoms with E-state index < -0.39 is 0 Å². The van der Waals surface area contributed by atoms with Crippen molar-refractivity contribution in [3.63, 3.8) is 0 Å². The molecule has 0 radical (unpaired) electrons. The van der Waals surface area contributed by atoms with Crippen LogP contribution in [0.3, 0.4) is 0 Å². The summed E-state index contributed by atoms with van der Waals surface area (Å²) in [5.41, 5.74) is 5.77. The largest absolute Gasteiger partial charge is 0.373 e. The molecule has 1 unspecified atom stereocenters. The number of halogens is 1. The molecular formula is C19H12ClN5O. The number of para-hydroxylation sites is 1. The number of anilines is 1. The van der Waals surface area contributed by atoms with Gasteiger partial charge in [0.2, 0.25) is 0 Å². The average molecular weight is 362 g/mol. The van der Waals surface area contributed by atoms with Gasteiger partial charge in [-0.1, -0.05) is 35.9 Å². The first-order valence-corrected chi connectivity index (χ1v) is 8.45. The molecule has 2 aromatic carbocycles. The third kappa shape index (κ3) is 2.12. The van der Waals surface area contributed by atoms with Gasteiger partial charge in [-0.2, -0.15) is 0 Å². The van der Waals surface area contributed by atoms with Crippen LogP contribution >= 0.6 is 11.6 Å². The maximum absolute atomic E-state index is 10.8. The molecule has 1 aliphatic heterocycles. The minimum Gasteiger partial charge on any atom is -0.373 e. The van der Waals surface area contributed by atoms with Crippen molar-refractivity contribution in [2.45, 2.75) is 6.04 Å². The molecule has 2 N–H and O–H groups in total. The molecular weight excluding hydrogens is 350 g/mol. The van der Waals surface area contributed by atoms with E-state index >= 15 is 0 Å². The highest BCUT2D eigenvalue weighted by atomic mass is 35.5. The number of aromatic nitrogens is 3. The van der Waals surface area contributed by atoms with E-state index in [1.54, 1.807) is 18.5 Å². The van der Waals surface area contributed by atoms with Gasteiger partial charge in [0.25, 0.3) is 0 Å². The quantitative estimate of drug-likeness (QED) is 0.481. The number of fused-ring (bicyclic) bond motifs is 2. The minimum atomic E-state index is -0.217. The lowest BCUT2D eigenvalue weighted by Gasteiger charge is -2.20. The van der Waals surface area contributed by atoms with Gasteiger partial charge in [-0.05, 0) is 28.9 Å². The van der Waals surface area contributed by atoms with Crippen LogP contribution in [-0.2, 0) is 0 Å². The van der Waals surface area contributed by atoms with Crippen molar-refractivity contribution in [1.82, 2.24) is 15.0 Å². The fourth-order valence-electron chi connectivity index (χ4n) is 3.52. The van der Waals surface area contributed by atoms with Crippen molar-refractivity contribution in [2.75, 3.05) is 5.32 Å². The maximum Gasteiger partial charge on any atom is 0.141 e. The van der Waals surface area contributed by atoms with Crippen LogP contribution in [0.5, 0.6) is 0 Å². The van der Waals surface area contributed by atoms with E-state index in [2.05, 4.69) is 25.4 Å². The number of nitroso groups, excluding NO2 is 1. The number of nitrogens with one attached hydrogen (secondary N) is 2. The van der Waals surface area contributed by atoms with Gasteiger partial charge in [-0.25, -0.2) is 9.97 Å². The average Bonchev–Trinajstić information content (AvgIpc) is 3.04. The number of H-pyrrole nitrogens is 1. The first kappa shape index (κ1) is 15.0. The predicted molar refractivity (Wildman–Crippen MR) is 102 cm³/mol. The molecule has 5 rings (SSSR count). The third-order valence-corrected chi connectivity index (χ3v) is 5.02. The van der Waals surface area contributed by atoms with E-state index in [0.717, 1.165) is 39.1 Å². The molecule has 1 aliphatic rings. The summed E-state index contributed by atoms with van der Waals surface area (Å²) in [4.78, 5) is 22.9. The highest BCUT2D eigenvalue weighted by Crippen LogP contribution is 2.44. The Balaban J connectivity index is 1.81. The number of nitrogens with zero attached hydrogens (tertiary/aromatic N) is 3. The van der Waals surface area contributed by atoms with Crippen molar-refractivity contribution in [3.05, 3.63) is 76.0 Å². The van der Waals surface area contributed by atoms with Gasteiger partial charge < -0.3 is 10.3 Å². The standard InChI is InChI=1S/C19H12ClN5O/c20-14-7-10(25-26)5-6-11(14)17-13-8-21-19-16(13)18(22-9-23-19)12-3-1-2-4-15(12)24-17/h1-9,17,24H,(H,21,22,23). The van der Waals surface area contributed by atoms with Crippen molar-refractivity contribution in [2.24, 2.45) is 5.18 Å². The second kappa shape index (κ2) is 5.64. The Morgan fingerprint density at radius 3 is 2.81 bits per heavy atom. The van der Waals surface area contributed by atoms with Gasteiger partial charge >= 0.3 is 0 Å². The van der Waals surface area contributed by atoms with E-state index in [0.29, 0.717) is 10.7 Å². The molecule has 26 heavy (non-hydrogen) atoms. The first-order chi connectivity index (χ1) is 12.8. The molecule has 4 aromatic rings. The maximum atomic E-state index is 10.8. The zero-order valence-electron chi connectivity index (χ0n) is 13.4. The summed E-state index contributed by atoms with van der Waals surface area (Å²) in [5, 5.41) is 7.96. The number of benzene rings is 2. The smallest absolute Gasteiger partial charge is 0.141 e. The van der Waals surface area contributed by atoms with Crippen LogP contribution in [0.4, 0.5) is 11.4 Å². The predicted octanol–water partition coefficient (Wildman–Crippen LogP) is 5.19. The van der Waals surface area contributed by atoms with Gasteiger partial charge in [0, 0.05) is 28.0 Å². The fraction of sp³-hybridized carbons (Fsp3) is 0.0526. The van der Waals surface area contributed by atoms with Gasteiger partial charge in [-0.15, -0.1) is 4.91 Å². The van der Waals surface area contributed by atoms with E-state index in [-0.39, 0.29) is 6.04 Å². The van der Waals surface area contributed by atoms with Gasteiger partial charge in [-0.3, -0.25) is 0 Å². The topological polar surface area (TPSA) is 83.0 Å². The lowest BCUT2D eigenvalue weighted by atomic mass is 9.98. The third-order valence-electron chi connectivity index (χ3n) is 4.69. The number of rotatable bonds is 2.